The Labute approximate surface area is 126 Å². The van der Waals surface area contributed by atoms with E-state index in [1.807, 2.05) is 6.08 Å². The summed E-state index contributed by atoms with van der Waals surface area (Å²) in [6.45, 7) is 9.37. The Balaban J connectivity index is 1.94. The molecule has 2 aliphatic rings. The highest BCUT2D eigenvalue weighted by Gasteiger charge is 2.55. The van der Waals surface area contributed by atoms with Gasteiger partial charge in [0.15, 0.2) is 0 Å². The van der Waals surface area contributed by atoms with E-state index >= 15 is 0 Å². The average Bonchev–Trinajstić information content (AvgIpc) is 2.93. The minimum absolute atomic E-state index is 0.0303. The zero-order chi connectivity index (χ0) is 15.7. The zero-order valence-corrected chi connectivity index (χ0v) is 13.0. The molecule has 0 spiro atoms. The molecule has 0 aromatic rings. The number of likely N-dealkylation sites (tertiary alicyclic amines) is 1. The van der Waals surface area contributed by atoms with E-state index in [0.717, 1.165) is 19.3 Å². The van der Waals surface area contributed by atoms with E-state index in [1.54, 1.807) is 4.90 Å². The zero-order valence-electron chi connectivity index (χ0n) is 13.0. The van der Waals surface area contributed by atoms with Gasteiger partial charge < -0.3 is 15.3 Å². The largest absolute Gasteiger partial charge is 0.481 e. The van der Waals surface area contributed by atoms with Crippen molar-refractivity contribution in [1.29, 1.82) is 0 Å². The lowest BCUT2D eigenvalue weighted by Crippen LogP contribution is -2.44. The lowest BCUT2D eigenvalue weighted by Gasteiger charge is -2.26. The van der Waals surface area contributed by atoms with Gasteiger partial charge >= 0.3 is 12.0 Å². The van der Waals surface area contributed by atoms with Gasteiger partial charge in [0, 0.05) is 19.6 Å². The lowest BCUT2D eigenvalue weighted by molar-refractivity contribution is -0.149. The molecule has 1 aliphatic carbocycles. The number of rotatable bonds is 5. The molecule has 0 aromatic carbocycles. The number of nitrogens with zero attached hydrogens (tertiary/aromatic N) is 1. The van der Waals surface area contributed by atoms with Crippen LogP contribution >= 0.6 is 0 Å². The van der Waals surface area contributed by atoms with Crippen LogP contribution in [0.1, 0.15) is 39.5 Å². The maximum atomic E-state index is 12.3. The van der Waals surface area contributed by atoms with Crippen LogP contribution in [0.4, 0.5) is 4.79 Å². The molecular formula is C16H26N2O3. The molecule has 2 fully saturated rings. The van der Waals surface area contributed by atoms with Crippen molar-refractivity contribution in [3.63, 3.8) is 0 Å². The van der Waals surface area contributed by atoms with Crippen LogP contribution in [-0.2, 0) is 4.79 Å². The van der Waals surface area contributed by atoms with Crippen molar-refractivity contribution >= 4 is 12.0 Å². The topological polar surface area (TPSA) is 69.6 Å². The summed E-state index contributed by atoms with van der Waals surface area (Å²) in [6, 6.07) is -0.137. The van der Waals surface area contributed by atoms with Crippen molar-refractivity contribution in [3.05, 3.63) is 12.7 Å². The quantitative estimate of drug-likeness (QED) is 0.765. The van der Waals surface area contributed by atoms with E-state index in [4.69, 9.17) is 0 Å². The molecule has 1 saturated carbocycles. The van der Waals surface area contributed by atoms with Gasteiger partial charge in [-0.25, -0.2) is 4.79 Å². The molecule has 21 heavy (non-hydrogen) atoms. The van der Waals surface area contributed by atoms with Crippen molar-refractivity contribution in [1.82, 2.24) is 10.2 Å². The molecule has 0 bridgehead atoms. The summed E-state index contributed by atoms with van der Waals surface area (Å²) in [7, 11) is 0. The molecule has 2 atom stereocenters. The molecule has 1 aliphatic heterocycles. The molecule has 1 heterocycles. The number of carbonyl (C=O) groups is 2. The molecule has 118 valence electrons. The SMILES string of the molecule is C=CCC(C)(C)CNC(=O)N1C[C@@H]2CCC[C@@]2(C(=O)O)C1. The Kier molecular flexibility index (Phi) is 4.30. The molecule has 0 unspecified atom stereocenters. The summed E-state index contributed by atoms with van der Waals surface area (Å²) in [4.78, 5) is 25.6. The molecule has 0 radical (unpaired) electrons. The second-order valence-electron chi connectivity index (χ2n) is 7.25. The smallest absolute Gasteiger partial charge is 0.317 e. The standard InChI is InChI=1S/C16H26N2O3/c1-4-7-15(2,3)10-17-14(21)18-9-12-6-5-8-16(12,11-18)13(19)20/h4,12H,1,5-11H2,2-3H3,(H,17,21)(H,19,20)/t12-,16+/m0/s1. The van der Waals surface area contributed by atoms with Gasteiger partial charge in [-0.05, 0) is 30.6 Å². The Morgan fingerprint density at radius 2 is 2.24 bits per heavy atom. The Morgan fingerprint density at radius 1 is 1.52 bits per heavy atom. The van der Waals surface area contributed by atoms with E-state index in [-0.39, 0.29) is 17.4 Å². The molecule has 0 aromatic heterocycles. The molecule has 2 amide bonds. The lowest BCUT2D eigenvalue weighted by atomic mass is 9.81. The predicted octanol–water partition coefficient (Wildman–Crippen LogP) is 2.49. The van der Waals surface area contributed by atoms with Crippen LogP contribution in [0.15, 0.2) is 12.7 Å². The van der Waals surface area contributed by atoms with Gasteiger partial charge in [-0.1, -0.05) is 26.3 Å². The third-order valence-corrected chi connectivity index (χ3v) is 5.00. The summed E-state index contributed by atoms with van der Waals surface area (Å²) in [5.74, 6) is -0.630. The summed E-state index contributed by atoms with van der Waals surface area (Å²) in [5, 5.41) is 12.5. The van der Waals surface area contributed by atoms with Crippen LogP contribution in [0.2, 0.25) is 0 Å². The fraction of sp³-hybridized carbons (Fsp3) is 0.750. The van der Waals surface area contributed by atoms with Gasteiger partial charge in [-0.15, -0.1) is 6.58 Å². The van der Waals surface area contributed by atoms with Crippen LogP contribution in [-0.4, -0.2) is 41.6 Å². The number of hydrogen-bond acceptors (Lipinski definition) is 2. The van der Waals surface area contributed by atoms with Gasteiger partial charge in [0.05, 0.1) is 5.41 Å². The van der Waals surface area contributed by atoms with Crippen LogP contribution in [0.25, 0.3) is 0 Å². The second kappa shape index (κ2) is 5.70. The monoisotopic (exact) mass is 294 g/mol. The van der Waals surface area contributed by atoms with Crippen molar-refractivity contribution in [3.8, 4) is 0 Å². The summed E-state index contributed by atoms with van der Waals surface area (Å²) in [5.41, 5.74) is -0.731. The third-order valence-electron chi connectivity index (χ3n) is 5.00. The van der Waals surface area contributed by atoms with E-state index < -0.39 is 11.4 Å². The van der Waals surface area contributed by atoms with Crippen LogP contribution in [0.3, 0.4) is 0 Å². The summed E-state index contributed by atoms with van der Waals surface area (Å²) >= 11 is 0. The minimum Gasteiger partial charge on any atom is -0.481 e. The second-order valence-corrected chi connectivity index (χ2v) is 7.25. The maximum Gasteiger partial charge on any atom is 0.317 e. The van der Waals surface area contributed by atoms with E-state index in [0.29, 0.717) is 26.1 Å². The fourth-order valence-corrected chi connectivity index (χ4v) is 3.68. The molecular weight excluding hydrogens is 268 g/mol. The van der Waals surface area contributed by atoms with E-state index in [9.17, 15) is 14.7 Å². The maximum absolute atomic E-state index is 12.3. The first kappa shape index (κ1) is 15.9. The number of carboxylic acids is 1. The summed E-state index contributed by atoms with van der Waals surface area (Å²) in [6.07, 6.45) is 5.25. The Morgan fingerprint density at radius 3 is 2.81 bits per heavy atom. The van der Waals surface area contributed by atoms with Crippen LogP contribution in [0.5, 0.6) is 0 Å². The molecule has 1 saturated heterocycles. The highest BCUT2D eigenvalue weighted by molar-refractivity contribution is 5.80. The Bertz CT molecular complexity index is 447. The number of carbonyl (C=O) groups excluding carboxylic acids is 1. The van der Waals surface area contributed by atoms with Gasteiger partial charge in [-0.3, -0.25) is 4.79 Å². The van der Waals surface area contributed by atoms with Crippen molar-refractivity contribution in [2.75, 3.05) is 19.6 Å². The van der Waals surface area contributed by atoms with Crippen molar-refractivity contribution < 1.29 is 14.7 Å². The van der Waals surface area contributed by atoms with E-state index in [2.05, 4.69) is 25.7 Å². The molecule has 5 nitrogen and oxygen atoms in total. The van der Waals surface area contributed by atoms with Crippen LogP contribution < -0.4 is 5.32 Å². The third kappa shape index (κ3) is 3.06. The Hall–Kier alpha value is -1.52. The first-order valence-electron chi connectivity index (χ1n) is 7.68. The molecule has 5 heteroatoms. The number of urea groups is 1. The fourth-order valence-electron chi connectivity index (χ4n) is 3.68. The van der Waals surface area contributed by atoms with Gasteiger partial charge in [0.1, 0.15) is 0 Å². The number of allylic oxidation sites excluding steroid dienone is 1. The van der Waals surface area contributed by atoms with Gasteiger partial charge in [0.2, 0.25) is 0 Å². The molecule has 2 rings (SSSR count). The number of hydrogen-bond donors (Lipinski definition) is 2. The predicted molar refractivity (Wildman–Crippen MR) is 81.0 cm³/mol. The van der Waals surface area contributed by atoms with E-state index in [1.165, 1.54) is 0 Å². The minimum atomic E-state index is -0.743. The van der Waals surface area contributed by atoms with Crippen molar-refractivity contribution in [2.24, 2.45) is 16.7 Å². The van der Waals surface area contributed by atoms with Gasteiger partial charge in [0.25, 0.3) is 0 Å². The highest BCUT2D eigenvalue weighted by atomic mass is 16.4. The molecule has 2 N–H and O–H groups in total. The number of amides is 2. The first-order chi connectivity index (χ1) is 9.81. The van der Waals surface area contributed by atoms with Gasteiger partial charge in [-0.2, -0.15) is 0 Å². The average molecular weight is 294 g/mol. The number of nitrogens with one attached hydrogen (secondary N) is 1. The van der Waals surface area contributed by atoms with Crippen LogP contribution in [0, 0.1) is 16.7 Å². The normalized spacial score (nSPS) is 28.3. The number of aliphatic carboxylic acids is 1. The summed E-state index contributed by atoms with van der Waals surface area (Å²) < 4.78 is 0. The highest BCUT2D eigenvalue weighted by Crippen LogP contribution is 2.48. The number of carboxylic acid groups (broad SMARTS) is 1. The number of fused-ring (bicyclic) bond motifs is 1. The first-order valence-corrected chi connectivity index (χ1v) is 7.68. The van der Waals surface area contributed by atoms with Crippen molar-refractivity contribution in [2.45, 2.75) is 39.5 Å².